The lowest BCUT2D eigenvalue weighted by atomic mass is 10.0. The largest absolute Gasteiger partial charge is 0.496 e. The summed E-state index contributed by atoms with van der Waals surface area (Å²) in [5.41, 5.74) is 1.31. The van der Waals surface area contributed by atoms with E-state index in [1.165, 1.54) is 21.3 Å². The van der Waals surface area contributed by atoms with Gasteiger partial charge in [-0.25, -0.2) is 0 Å². The average molecular weight is 266 g/mol. The molecule has 104 valence electrons. The van der Waals surface area contributed by atoms with E-state index >= 15 is 0 Å². The molecule has 1 aromatic rings. The summed E-state index contributed by atoms with van der Waals surface area (Å²) in [5, 5.41) is 0. The third-order valence-electron chi connectivity index (χ3n) is 2.68. The Labute approximate surface area is 112 Å². The molecule has 0 aliphatic rings. The Kier molecular flexibility index (Phi) is 5.66. The summed E-state index contributed by atoms with van der Waals surface area (Å²) in [6.45, 7) is 1.87. The molecule has 1 aromatic carbocycles. The molecule has 0 aliphatic carbocycles. The van der Waals surface area contributed by atoms with E-state index in [1.54, 1.807) is 12.1 Å². The van der Waals surface area contributed by atoms with Gasteiger partial charge < -0.3 is 14.2 Å². The summed E-state index contributed by atoms with van der Waals surface area (Å²) in [7, 11) is 4.18. The number of rotatable bonds is 7. The molecule has 0 atom stereocenters. The SMILES string of the molecule is COc1ccc(C)cc1C(=O)CC(=O)C(OC)OC. The first-order chi connectivity index (χ1) is 9.03. The van der Waals surface area contributed by atoms with Crippen molar-refractivity contribution in [2.45, 2.75) is 19.6 Å². The van der Waals surface area contributed by atoms with E-state index in [9.17, 15) is 9.59 Å². The molecular weight excluding hydrogens is 248 g/mol. The van der Waals surface area contributed by atoms with Gasteiger partial charge in [0, 0.05) is 14.2 Å². The molecule has 1 rings (SSSR count). The lowest BCUT2D eigenvalue weighted by Crippen LogP contribution is -2.27. The van der Waals surface area contributed by atoms with Crippen LogP contribution in [0.4, 0.5) is 0 Å². The Morgan fingerprint density at radius 3 is 2.32 bits per heavy atom. The van der Waals surface area contributed by atoms with Gasteiger partial charge in [-0.3, -0.25) is 9.59 Å². The zero-order valence-corrected chi connectivity index (χ0v) is 11.6. The number of hydrogen-bond donors (Lipinski definition) is 0. The van der Waals surface area contributed by atoms with Crippen molar-refractivity contribution in [1.29, 1.82) is 0 Å². The maximum absolute atomic E-state index is 12.1. The van der Waals surface area contributed by atoms with Crippen molar-refractivity contribution >= 4 is 11.6 Å². The summed E-state index contributed by atoms with van der Waals surface area (Å²) >= 11 is 0. The average Bonchev–Trinajstić information content (AvgIpc) is 2.40. The summed E-state index contributed by atoms with van der Waals surface area (Å²) < 4.78 is 14.8. The number of hydrogen-bond acceptors (Lipinski definition) is 5. The molecule has 0 heterocycles. The number of Topliss-reactive ketones (excluding diaryl/α,β-unsaturated/α-hetero) is 2. The van der Waals surface area contributed by atoms with Crippen molar-refractivity contribution in [3.05, 3.63) is 29.3 Å². The van der Waals surface area contributed by atoms with Crippen LogP contribution in [0.1, 0.15) is 22.3 Å². The van der Waals surface area contributed by atoms with Crippen LogP contribution in [0.25, 0.3) is 0 Å². The standard InChI is InChI=1S/C14H18O5/c1-9-5-6-13(17-2)10(7-9)11(15)8-12(16)14(18-3)19-4/h5-7,14H,8H2,1-4H3. The number of methoxy groups -OCH3 is 3. The van der Waals surface area contributed by atoms with Crippen LogP contribution in [0, 0.1) is 6.92 Å². The first-order valence-electron chi connectivity index (χ1n) is 5.79. The van der Waals surface area contributed by atoms with Crippen LogP contribution in [0.15, 0.2) is 18.2 Å². The molecule has 0 fully saturated rings. The zero-order valence-electron chi connectivity index (χ0n) is 11.6. The van der Waals surface area contributed by atoms with E-state index in [-0.39, 0.29) is 12.2 Å². The van der Waals surface area contributed by atoms with Crippen molar-refractivity contribution < 1.29 is 23.8 Å². The van der Waals surface area contributed by atoms with Crippen molar-refractivity contribution in [3.8, 4) is 5.75 Å². The molecule has 0 N–H and O–H groups in total. The van der Waals surface area contributed by atoms with Crippen LogP contribution in [0.5, 0.6) is 5.75 Å². The fourth-order valence-corrected chi connectivity index (χ4v) is 1.74. The van der Waals surface area contributed by atoms with Crippen molar-refractivity contribution in [2.24, 2.45) is 0 Å². The minimum atomic E-state index is -1.01. The molecule has 0 unspecified atom stereocenters. The third kappa shape index (κ3) is 3.87. The van der Waals surface area contributed by atoms with Gasteiger partial charge in [0.1, 0.15) is 5.75 Å². The lowest BCUT2D eigenvalue weighted by Gasteiger charge is -2.12. The van der Waals surface area contributed by atoms with Gasteiger partial charge >= 0.3 is 0 Å². The van der Waals surface area contributed by atoms with Crippen LogP contribution in [-0.2, 0) is 14.3 Å². The molecule has 0 spiro atoms. The second-order valence-electron chi connectivity index (χ2n) is 4.07. The fraction of sp³-hybridized carbons (Fsp3) is 0.429. The van der Waals surface area contributed by atoms with Crippen molar-refractivity contribution in [2.75, 3.05) is 21.3 Å². The van der Waals surface area contributed by atoms with Crippen LogP contribution in [-0.4, -0.2) is 39.2 Å². The molecule has 0 saturated heterocycles. The highest BCUT2D eigenvalue weighted by Gasteiger charge is 2.22. The number of ketones is 2. The summed E-state index contributed by atoms with van der Waals surface area (Å²) in [4.78, 5) is 23.9. The van der Waals surface area contributed by atoms with Crippen LogP contribution < -0.4 is 4.74 Å². The molecule has 0 aromatic heterocycles. The molecular formula is C14H18O5. The monoisotopic (exact) mass is 266 g/mol. The van der Waals surface area contributed by atoms with Gasteiger partial charge in [-0.05, 0) is 19.1 Å². The van der Waals surface area contributed by atoms with E-state index in [0.717, 1.165) is 5.56 Å². The second kappa shape index (κ2) is 7.01. The highest BCUT2D eigenvalue weighted by Crippen LogP contribution is 2.21. The van der Waals surface area contributed by atoms with Gasteiger partial charge in [-0.1, -0.05) is 11.6 Å². The second-order valence-corrected chi connectivity index (χ2v) is 4.07. The number of aryl methyl sites for hydroxylation is 1. The van der Waals surface area contributed by atoms with Gasteiger partial charge in [0.15, 0.2) is 11.6 Å². The van der Waals surface area contributed by atoms with Crippen molar-refractivity contribution in [3.63, 3.8) is 0 Å². The van der Waals surface area contributed by atoms with Crippen LogP contribution in [0.2, 0.25) is 0 Å². The maximum Gasteiger partial charge on any atom is 0.217 e. The van der Waals surface area contributed by atoms with Crippen molar-refractivity contribution in [1.82, 2.24) is 0 Å². The van der Waals surface area contributed by atoms with E-state index in [0.29, 0.717) is 11.3 Å². The van der Waals surface area contributed by atoms with E-state index in [4.69, 9.17) is 14.2 Å². The Bertz CT molecular complexity index is 463. The molecule has 5 heteroatoms. The van der Waals surface area contributed by atoms with Crippen LogP contribution in [0.3, 0.4) is 0 Å². The third-order valence-corrected chi connectivity index (χ3v) is 2.68. The van der Waals surface area contributed by atoms with Gasteiger partial charge in [0.25, 0.3) is 0 Å². The molecule has 0 saturated carbocycles. The maximum atomic E-state index is 12.1. The van der Waals surface area contributed by atoms with Gasteiger partial charge in [-0.2, -0.15) is 0 Å². The Balaban J connectivity index is 2.89. The van der Waals surface area contributed by atoms with Gasteiger partial charge in [-0.15, -0.1) is 0 Å². The van der Waals surface area contributed by atoms with Gasteiger partial charge in [0.05, 0.1) is 19.1 Å². The number of benzene rings is 1. The Hall–Kier alpha value is -1.72. The molecule has 0 amide bonds. The Morgan fingerprint density at radius 2 is 1.79 bits per heavy atom. The normalized spacial score (nSPS) is 10.6. The summed E-state index contributed by atoms with van der Waals surface area (Å²) in [5.74, 6) is -0.280. The van der Waals surface area contributed by atoms with Gasteiger partial charge in [0.2, 0.25) is 6.29 Å². The number of carbonyl (C=O) groups excluding carboxylic acids is 2. The quantitative estimate of drug-likeness (QED) is 0.427. The smallest absolute Gasteiger partial charge is 0.217 e. The summed E-state index contributed by atoms with van der Waals surface area (Å²) in [6, 6.07) is 5.24. The minimum absolute atomic E-state index is 0.286. The van der Waals surface area contributed by atoms with E-state index in [2.05, 4.69) is 0 Å². The first-order valence-corrected chi connectivity index (χ1v) is 5.79. The number of carbonyl (C=O) groups is 2. The van der Waals surface area contributed by atoms with E-state index in [1.807, 2.05) is 13.0 Å². The number of ether oxygens (including phenoxy) is 3. The minimum Gasteiger partial charge on any atom is -0.496 e. The predicted molar refractivity (Wildman–Crippen MR) is 69.5 cm³/mol. The first kappa shape index (κ1) is 15.3. The zero-order chi connectivity index (χ0) is 14.4. The lowest BCUT2D eigenvalue weighted by molar-refractivity contribution is -0.155. The highest BCUT2D eigenvalue weighted by atomic mass is 16.7. The molecule has 0 radical (unpaired) electrons. The molecule has 19 heavy (non-hydrogen) atoms. The Morgan fingerprint density at radius 1 is 1.16 bits per heavy atom. The topological polar surface area (TPSA) is 61.8 Å². The predicted octanol–water partition coefficient (Wildman–Crippen LogP) is 1.76. The van der Waals surface area contributed by atoms with Crippen LogP contribution >= 0.6 is 0 Å². The molecule has 0 bridgehead atoms. The van der Waals surface area contributed by atoms with E-state index < -0.39 is 12.1 Å². The molecule has 0 aliphatic heterocycles. The summed E-state index contributed by atoms with van der Waals surface area (Å²) in [6.07, 6.45) is -1.30. The highest BCUT2D eigenvalue weighted by molar-refractivity contribution is 6.10. The fourth-order valence-electron chi connectivity index (χ4n) is 1.74. The molecule has 5 nitrogen and oxygen atoms in total.